The predicted octanol–water partition coefficient (Wildman–Crippen LogP) is 3.77. The van der Waals surface area contributed by atoms with Crippen molar-refractivity contribution in [2.75, 3.05) is 5.32 Å². The van der Waals surface area contributed by atoms with Crippen molar-refractivity contribution < 1.29 is 4.79 Å². The maximum absolute atomic E-state index is 12.0. The summed E-state index contributed by atoms with van der Waals surface area (Å²) in [4.78, 5) is 13.2. The fraction of sp³-hybridized carbons (Fsp3) is 0.375. The molecule has 0 aliphatic heterocycles. The van der Waals surface area contributed by atoms with Crippen LogP contribution in [-0.4, -0.2) is 21.5 Å². The standard InChI is InChI=1S/C16H20N4OS/c21-16(17-11-12-9-10-18-20-12)19-14-7-3-4-8-15(14)22-13-5-1-2-6-13/h3-4,7-10,13H,1-2,5-6,11H2,(H,18,20)(H2,17,19,21). The number of hydrogen-bond acceptors (Lipinski definition) is 3. The van der Waals surface area contributed by atoms with Crippen LogP contribution in [0.1, 0.15) is 31.4 Å². The molecule has 3 rings (SSSR count). The van der Waals surface area contributed by atoms with Crippen LogP contribution in [0, 0.1) is 0 Å². The number of aromatic nitrogens is 2. The molecule has 1 fully saturated rings. The van der Waals surface area contributed by atoms with E-state index in [1.807, 2.05) is 36.0 Å². The zero-order valence-corrected chi connectivity index (χ0v) is 13.2. The van der Waals surface area contributed by atoms with Crippen molar-refractivity contribution in [2.24, 2.45) is 0 Å². The Bertz CT molecular complexity index is 608. The Morgan fingerprint density at radius 3 is 2.86 bits per heavy atom. The maximum atomic E-state index is 12.0. The topological polar surface area (TPSA) is 69.8 Å². The second-order valence-corrected chi connectivity index (χ2v) is 6.75. The average Bonchev–Trinajstić information content (AvgIpc) is 3.20. The number of para-hydroxylation sites is 1. The highest BCUT2D eigenvalue weighted by Gasteiger charge is 2.18. The lowest BCUT2D eigenvalue weighted by Gasteiger charge is -2.14. The highest BCUT2D eigenvalue weighted by Crippen LogP contribution is 2.37. The predicted molar refractivity (Wildman–Crippen MR) is 89.0 cm³/mol. The Morgan fingerprint density at radius 1 is 1.27 bits per heavy atom. The minimum Gasteiger partial charge on any atom is -0.332 e. The van der Waals surface area contributed by atoms with E-state index in [9.17, 15) is 4.79 Å². The zero-order valence-electron chi connectivity index (χ0n) is 12.3. The van der Waals surface area contributed by atoms with Crippen molar-refractivity contribution in [3.05, 3.63) is 42.2 Å². The molecule has 1 aromatic carbocycles. The van der Waals surface area contributed by atoms with Gasteiger partial charge in [-0.3, -0.25) is 5.10 Å². The number of urea groups is 1. The molecule has 0 unspecified atom stereocenters. The maximum Gasteiger partial charge on any atom is 0.319 e. The van der Waals surface area contributed by atoms with Gasteiger partial charge in [-0.15, -0.1) is 11.8 Å². The molecule has 5 nitrogen and oxygen atoms in total. The molecule has 116 valence electrons. The average molecular weight is 316 g/mol. The van der Waals surface area contributed by atoms with E-state index in [1.165, 1.54) is 25.7 Å². The summed E-state index contributed by atoms with van der Waals surface area (Å²) in [5, 5.41) is 13.1. The van der Waals surface area contributed by atoms with Crippen LogP contribution in [0.25, 0.3) is 0 Å². The number of H-pyrrole nitrogens is 1. The van der Waals surface area contributed by atoms with Gasteiger partial charge in [0.2, 0.25) is 0 Å². The number of nitrogens with zero attached hydrogens (tertiary/aromatic N) is 1. The SMILES string of the molecule is O=C(NCc1ccn[nH]1)Nc1ccccc1SC1CCCC1. The molecule has 1 aliphatic carbocycles. The van der Waals surface area contributed by atoms with Crippen LogP contribution in [-0.2, 0) is 6.54 Å². The number of carbonyl (C=O) groups excluding carboxylic acids is 1. The minimum atomic E-state index is -0.200. The summed E-state index contributed by atoms with van der Waals surface area (Å²) in [6.07, 6.45) is 6.84. The van der Waals surface area contributed by atoms with Gasteiger partial charge in [0.15, 0.2) is 0 Å². The van der Waals surface area contributed by atoms with Gasteiger partial charge in [0.25, 0.3) is 0 Å². The largest absolute Gasteiger partial charge is 0.332 e. The fourth-order valence-corrected chi connectivity index (χ4v) is 3.91. The van der Waals surface area contributed by atoms with Crippen LogP contribution in [0.2, 0.25) is 0 Å². The van der Waals surface area contributed by atoms with Crippen molar-refractivity contribution in [1.82, 2.24) is 15.5 Å². The molecule has 0 bridgehead atoms. The lowest BCUT2D eigenvalue weighted by molar-refractivity contribution is 0.251. The Hall–Kier alpha value is -1.95. The first-order valence-corrected chi connectivity index (χ1v) is 8.48. The lowest BCUT2D eigenvalue weighted by atomic mass is 10.3. The molecule has 0 atom stereocenters. The number of anilines is 1. The number of carbonyl (C=O) groups is 1. The summed E-state index contributed by atoms with van der Waals surface area (Å²) >= 11 is 1.88. The molecular weight excluding hydrogens is 296 g/mol. The first-order chi connectivity index (χ1) is 10.8. The number of amides is 2. The molecule has 3 N–H and O–H groups in total. The van der Waals surface area contributed by atoms with E-state index in [4.69, 9.17) is 0 Å². The van der Waals surface area contributed by atoms with Crippen molar-refractivity contribution in [2.45, 2.75) is 42.4 Å². The van der Waals surface area contributed by atoms with Crippen LogP contribution >= 0.6 is 11.8 Å². The third kappa shape index (κ3) is 4.04. The smallest absolute Gasteiger partial charge is 0.319 e. The lowest BCUT2D eigenvalue weighted by Crippen LogP contribution is -2.28. The van der Waals surface area contributed by atoms with E-state index in [0.29, 0.717) is 11.8 Å². The summed E-state index contributed by atoms with van der Waals surface area (Å²) in [6, 6.07) is 9.63. The first kappa shape index (κ1) is 15.0. The molecule has 0 spiro atoms. The molecule has 1 aliphatic rings. The van der Waals surface area contributed by atoms with Gasteiger partial charge in [0, 0.05) is 16.3 Å². The fourth-order valence-electron chi connectivity index (χ4n) is 2.58. The van der Waals surface area contributed by atoms with Gasteiger partial charge in [-0.2, -0.15) is 5.10 Å². The molecule has 22 heavy (non-hydrogen) atoms. The molecule has 0 radical (unpaired) electrons. The Kier molecular flexibility index (Phi) is 5.00. The van der Waals surface area contributed by atoms with E-state index in [1.54, 1.807) is 6.20 Å². The first-order valence-electron chi connectivity index (χ1n) is 7.60. The van der Waals surface area contributed by atoms with Gasteiger partial charge < -0.3 is 10.6 Å². The third-order valence-corrected chi connectivity index (χ3v) is 5.14. The summed E-state index contributed by atoms with van der Waals surface area (Å²) < 4.78 is 0. The molecule has 6 heteroatoms. The van der Waals surface area contributed by atoms with Crippen molar-refractivity contribution in [1.29, 1.82) is 0 Å². The van der Waals surface area contributed by atoms with Crippen LogP contribution in [0.3, 0.4) is 0 Å². The molecular formula is C16H20N4OS. The summed E-state index contributed by atoms with van der Waals surface area (Å²) in [6.45, 7) is 0.434. The van der Waals surface area contributed by atoms with Gasteiger partial charge in [-0.25, -0.2) is 4.79 Å². The minimum absolute atomic E-state index is 0.200. The Morgan fingerprint density at radius 2 is 2.09 bits per heavy atom. The van der Waals surface area contributed by atoms with Crippen molar-refractivity contribution >= 4 is 23.5 Å². The monoisotopic (exact) mass is 316 g/mol. The number of nitrogens with one attached hydrogen (secondary N) is 3. The third-order valence-electron chi connectivity index (χ3n) is 3.73. The van der Waals surface area contributed by atoms with E-state index in [0.717, 1.165) is 16.3 Å². The van der Waals surface area contributed by atoms with E-state index >= 15 is 0 Å². The van der Waals surface area contributed by atoms with Gasteiger partial charge in [-0.05, 0) is 31.0 Å². The van der Waals surface area contributed by atoms with Crippen molar-refractivity contribution in [3.63, 3.8) is 0 Å². The Balaban J connectivity index is 1.57. The molecule has 2 amide bonds. The van der Waals surface area contributed by atoms with E-state index < -0.39 is 0 Å². The summed E-state index contributed by atoms with van der Waals surface area (Å²) in [5.41, 5.74) is 1.75. The second-order valence-electron chi connectivity index (χ2n) is 5.41. The number of thioether (sulfide) groups is 1. The highest BCUT2D eigenvalue weighted by atomic mass is 32.2. The molecule has 0 saturated heterocycles. The molecule has 1 aromatic heterocycles. The quantitative estimate of drug-likeness (QED) is 0.786. The molecule has 2 aromatic rings. The molecule has 1 heterocycles. The van der Waals surface area contributed by atoms with E-state index in [-0.39, 0.29) is 6.03 Å². The van der Waals surface area contributed by atoms with Crippen LogP contribution in [0.5, 0.6) is 0 Å². The normalized spacial score (nSPS) is 14.9. The summed E-state index contributed by atoms with van der Waals surface area (Å²) in [7, 11) is 0. The van der Waals surface area contributed by atoms with Gasteiger partial charge in [0.05, 0.1) is 17.9 Å². The number of rotatable bonds is 5. The van der Waals surface area contributed by atoms with Gasteiger partial charge in [0.1, 0.15) is 0 Å². The molecule has 1 saturated carbocycles. The summed E-state index contributed by atoms with van der Waals surface area (Å²) in [5.74, 6) is 0. The highest BCUT2D eigenvalue weighted by molar-refractivity contribution is 8.00. The van der Waals surface area contributed by atoms with Crippen LogP contribution in [0.15, 0.2) is 41.4 Å². The number of aromatic amines is 1. The second kappa shape index (κ2) is 7.35. The zero-order chi connectivity index (χ0) is 15.2. The van der Waals surface area contributed by atoms with Crippen LogP contribution < -0.4 is 10.6 Å². The van der Waals surface area contributed by atoms with Gasteiger partial charge >= 0.3 is 6.03 Å². The van der Waals surface area contributed by atoms with E-state index in [2.05, 4.69) is 26.9 Å². The van der Waals surface area contributed by atoms with Gasteiger partial charge in [-0.1, -0.05) is 25.0 Å². The number of hydrogen-bond donors (Lipinski definition) is 3. The number of benzene rings is 1. The van der Waals surface area contributed by atoms with Crippen molar-refractivity contribution in [3.8, 4) is 0 Å². The van der Waals surface area contributed by atoms with Crippen LogP contribution in [0.4, 0.5) is 10.5 Å². The Labute approximate surface area is 134 Å².